The van der Waals surface area contributed by atoms with Crippen molar-refractivity contribution in [1.29, 1.82) is 0 Å². The van der Waals surface area contributed by atoms with Crippen molar-refractivity contribution in [3.63, 3.8) is 0 Å². The van der Waals surface area contributed by atoms with Crippen LogP contribution >= 0.6 is 11.6 Å². The monoisotopic (exact) mass is 307 g/mol. The smallest absolute Gasteiger partial charge is 0.332 e. The lowest BCUT2D eigenvalue weighted by Gasteiger charge is -2.18. The Morgan fingerprint density at radius 2 is 2.05 bits per heavy atom. The fourth-order valence-electron chi connectivity index (χ4n) is 1.99. The first kappa shape index (κ1) is 15.3. The molecule has 0 bridgehead atoms. The number of carbonyl (C=O) groups is 1. The molecule has 1 unspecified atom stereocenters. The zero-order chi connectivity index (χ0) is 15.4. The van der Waals surface area contributed by atoms with Gasteiger partial charge in [0.05, 0.1) is 12.1 Å². The molecule has 0 aliphatic heterocycles. The Balaban J connectivity index is 2.34. The maximum Gasteiger partial charge on any atom is 0.332 e. The van der Waals surface area contributed by atoms with Gasteiger partial charge in [0.2, 0.25) is 0 Å². The van der Waals surface area contributed by atoms with Crippen molar-refractivity contribution in [3.05, 3.63) is 64.4 Å². The Hall–Kier alpha value is -2.07. The predicted molar refractivity (Wildman–Crippen MR) is 81.0 cm³/mol. The van der Waals surface area contributed by atoms with Crippen molar-refractivity contribution in [3.8, 4) is 0 Å². The van der Waals surface area contributed by atoms with Gasteiger partial charge in [-0.2, -0.15) is 0 Å². The van der Waals surface area contributed by atoms with Gasteiger partial charge in [-0.1, -0.05) is 29.8 Å². The van der Waals surface area contributed by atoms with E-state index in [1.165, 1.54) is 19.2 Å². The van der Waals surface area contributed by atoms with Gasteiger partial charge in [0, 0.05) is 5.69 Å². The van der Waals surface area contributed by atoms with Crippen LogP contribution in [0.1, 0.15) is 17.2 Å². The van der Waals surface area contributed by atoms with E-state index in [0.717, 1.165) is 11.3 Å². The molecular weight excluding hydrogens is 293 g/mol. The number of benzene rings is 2. The second kappa shape index (κ2) is 6.59. The number of halogens is 2. The Kier molecular flexibility index (Phi) is 4.81. The first-order valence-electron chi connectivity index (χ1n) is 6.37. The third-order valence-corrected chi connectivity index (χ3v) is 3.35. The molecule has 2 aromatic rings. The Morgan fingerprint density at radius 3 is 2.67 bits per heavy atom. The molecule has 2 aromatic carbocycles. The van der Waals surface area contributed by atoms with Gasteiger partial charge >= 0.3 is 5.97 Å². The number of anilines is 1. The summed E-state index contributed by atoms with van der Waals surface area (Å²) in [5.41, 5.74) is 2.25. The molecule has 3 nitrogen and oxygen atoms in total. The predicted octanol–water partition coefficient (Wildman–Crippen LogP) is 4.11. The van der Waals surface area contributed by atoms with E-state index in [0.29, 0.717) is 5.56 Å². The largest absolute Gasteiger partial charge is 0.467 e. The normalized spacial score (nSPS) is 11.8. The van der Waals surface area contributed by atoms with Crippen LogP contribution in [-0.2, 0) is 9.53 Å². The summed E-state index contributed by atoms with van der Waals surface area (Å²) < 4.78 is 18.4. The first-order valence-corrected chi connectivity index (χ1v) is 6.75. The van der Waals surface area contributed by atoms with E-state index in [9.17, 15) is 9.18 Å². The number of aryl methyl sites for hydroxylation is 1. The summed E-state index contributed by atoms with van der Waals surface area (Å²) in [7, 11) is 1.29. The molecule has 0 spiro atoms. The van der Waals surface area contributed by atoms with Crippen LogP contribution in [0.25, 0.3) is 0 Å². The first-order chi connectivity index (χ1) is 10.0. The number of methoxy groups -OCH3 is 1. The number of rotatable bonds is 4. The molecule has 0 aliphatic rings. The highest BCUT2D eigenvalue weighted by Gasteiger charge is 2.22. The summed E-state index contributed by atoms with van der Waals surface area (Å²) in [5.74, 6) is -1.08. The van der Waals surface area contributed by atoms with Crippen LogP contribution in [0.15, 0.2) is 42.5 Å². The summed E-state index contributed by atoms with van der Waals surface area (Å²) in [5, 5.41) is 3.06. The van der Waals surface area contributed by atoms with E-state index in [4.69, 9.17) is 16.3 Å². The highest BCUT2D eigenvalue weighted by atomic mass is 35.5. The number of nitrogens with one attached hydrogen (secondary N) is 1. The quantitative estimate of drug-likeness (QED) is 0.864. The average Bonchev–Trinajstić information content (AvgIpc) is 2.47. The summed E-state index contributed by atoms with van der Waals surface area (Å²) >= 11 is 5.67. The van der Waals surface area contributed by atoms with Gasteiger partial charge in [-0.05, 0) is 42.3 Å². The molecule has 0 fully saturated rings. The molecule has 0 heterocycles. The minimum atomic E-state index is -0.802. The van der Waals surface area contributed by atoms with Gasteiger partial charge < -0.3 is 10.1 Å². The molecular formula is C16H15ClFNO2. The van der Waals surface area contributed by atoms with Gasteiger partial charge in [0.1, 0.15) is 5.82 Å². The van der Waals surface area contributed by atoms with Crippen LogP contribution in [0, 0.1) is 12.7 Å². The standard InChI is InChI=1S/C16H15ClFNO2/c1-10-4-3-5-12(8-10)19-15(16(20)21-2)11-6-7-13(17)14(18)9-11/h3-9,15,19H,1-2H3. The Bertz CT molecular complexity index is 660. The molecule has 1 atom stereocenters. The van der Waals surface area contributed by atoms with Crippen molar-refractivity contribution in [2.45, 2.75) is 13.0 Å². The second-order valence-electron chi connectivity index (χ2n) is 4.64. The maximum absolute atomic E-state index is 13.6. The summed E-state index contributed by atoms with van der Waals surface area (Å²) in [6, 6.07) is 11.0. The van der Waals surface area contributed by atoms with Crippen molar-refractivity contribution in [2.24, 2.45) is 0 Å². The number of hydrogen-bond donors (Lipinski definition) is 1. The van der Waals surface area contributed by atoms with Gasteiger partial charge in [0.15, 0.2) is 6.04 Å². The molecule has 110 valence electrons. The highest BCUT2D eigenvalue weighted by molar-refractivity contribution is 6.30. The third-order valence-electron chi connectivity index (χ3n) is 3.04. The van der Waals surface area contributed by atoms with Gasteiger partial charge in [-0.15, -0.1) is 0 Å². The number of esters is 1. The molecule has 21 heavy (non-hydrogen) atoms. The fraction of sp³-hybridized carbons (Fsp3) is 0.188. The molecule has 2 rings (SSSR count). The lowest BCUT2D eigenvalue weighted by atomic mass is 10.1. The SMILES string of the molecule is COC(=O)C(Nc1cccc(C)c1)c1ccc(Cl)c(F)c1. The molecule has 0 aliphatic carbocycles. The van der Waals surface area contributed by atoms with E-state index in [1.54, 1.807) is 6.07 Å². The number of ether oxygens (including phenoxy) is 1. The van der Waals surface area contributed by atoms with Crippen LogP contribution in [0.5, 0.6) is 0 Å². The van der Waals surface area contributed by atoms with E-state index < -0.39 is 17.8 Å². The molecule has 5 heteroatoms. The topological polar surface area (TPSA) is 38.3 Å². The van der Waals surface area contributed by atoms with Crippen molar-refractivity contribution in [2.75, 3.05) is 12.4 Å². The van der Waals surface area contributed by atoms with Gasteiger partial charge in [0.25, 0.3) is 0 Å². The highest BCUT2D eigenvalue weighted by Crippen LogP contribution is 2.25. The summed E-state index contributed by atoms with van der Waals surface area (Å²) in [6.45, 7) is 1.94. The molecule has 0 saturated carbocycles. The summed E-state index contributed by atoms with van der Waals surface area (Å²) in [4.78, 5) is 12.0. The van der Waals surface area contributed by atoms with E-state index in [2.05, 4.69) is 5.32 Å². The fourth-order valence-corrected chi connectivity index (χ4v) is 2.11. The van der Waals surface area contributed by atoms with Crippen LogP contribution < -0.4 is 5.32 Å². The van der Waals surface area contributed by atoms with Crippen LogP contribution in [0.4, 0.5) is 10.1 Å². The second-order valence-corrected chi connectivity index (χ2v) is 5.05. The van der Waals surface area contributed by atoms with Gasteiger partial charge in [-0.25, -0.2) is 9.18 Å². The zero-order valence-electron chi connectivity index (χ0n) is 11.7. The molecule has 0 saturated heterocycles. The lowest BCUT2D eigenvalue weighted by Crippen LogP contribution is -2.22. The van der Waals surface area contributed by atoms with E-state index in [-0.39, 0.29) is 5.02 Å². The minimum absolute atomic E-state index is 0.0120. The van der Waals surface area contributed by atoms with Crippen LogP contribution in [0.3, 0.4) is 0 Å². The average molecular weight is 308 g/mol. The minimum Gasteiger partial charge on any atom is -0.467 e. The van der Waals surface area contributed by atoms with Crippen molar-refractivity contribution >= 4 is 23.3 Å². The van der Waals surface area contributed by atoms with Crippen molar-refractivity contribution < 1.29 is 13.9 Å². The molecule has 0 radical (unpaired) electrons. The Labute approximate surface area is 127 Å². The van der Waals surface area contributed by atoms with E-state index in [1.807, 2.05) is 31.2 Å². The van der Waals surface area contributed by atoms with Gasteiger partial charge in [-0.3, -0.25) is 0 Å². The molecule has 1 N–H and O–H groups in total. The summed E-state index contributed by atoms with van der Waals surface area (Å²) in [6.07, 6.45) is 0. The maximum atomic E-state index is 13.6. The number of hydrogen-bond acceptors (Lipinski definition) is 3. The third kappa shape index (κ3) is 3.73. The molecule has 0 aromatic heterocycles. The van der Waals surface area contributed by atoms with E-state index >= 15 is 0 Å². The zero-order valence-corrected chi connectivity index (χ0v) is 12.4. The Morgan fingerprint density at radius 1 is 1.29 bits per heavy atom. The van der Waals surface area contributed by atoms with Crippen LogP contribution in [-0.4, -0.2) is 13.1 Å². The lowest BCUT2D eigenvalue weighted by molar-refractivity contribution is -0.141. The molecule has 0 amide bonds. The number of carbonyl (C=O) groups excluding carboxylic acids is 1. The van der Waals surface area contributed by atoms with Crippen molar-refractivity contribution in [1.82, 2.24) is 0 Å². The van der Waals surface area contributed by atoms with Crippen LogP contribution in [0.2, 0.25) is 5.02 Å².